The van der Waals surface area contributed by atoms with Gasteiger partial charge in [-0.25, -0.2) is 4.98 Å². The van der Waals surface area contributed by atoms with Gasteiger partial charge in [0.1, 0.15) is 5.01 Å². The van der Waals surface area contributed by atoms with Gasteiger partial charge in [0.25, 0.3) is 0 Å². The van der Waals surface area contributed by atoms with Crippen molar-refractivity contribution in [3.8, 4) is 11.5 Å². The Kier molecular flexibility index (Phi) is 4.11. The number of phenolic OH excluding ortho intramolecular Hbond substituents is 1. The lowest BCUT2D eigenvalue weighted by Gasteiger charge is -2.03. The predicted octanol–water partition coefficient (Wildman–Crippen LogP) is 4.74. The molecule has 3 nitrogen and oxygen atoms in total. The SMILES string of the molecule is CCc1ccc2nc(/C=C/c3ccc(O)c(OC)c3)sc2c1. The number of benzene rings is 2. The van der Waals surface area contributed by atoms with Crippen molar-refractivity contribution in [2.45, 2.75) is 13.3 Å². The molecule has 0 aliphatic heterocycles. The highest BCUT2D eigenvalue weighted by molar-refractivity contribution is 7.19. The Hall–Kier alpha value is -2.33. The number of nitrogens with zero attached hydrogens (tertiary/aromatic N) is 1. The number of fused-ring (bicyclic) bond motifs is 1. The third-order valence-corrected chi connectivity index (χ3v) is 4.48. The quantitative estimate of drug-likeness (QED) is 0.756. The molecule has 0 amide bonds. The van der Waals surface area contributed by atoms with E-state index in [0.717, 1.165) is 22.5 Å². The number of hydrogen-bond donors (Lipinski definition) is 1. The van der Waals surface area contributed by atoms with Gasteiger partial charge in [-0.1, -0.05) is 25.1 Å². The molecule has 0 aliphatic rings. The van der Waals surface area contributed by atoms with Crippen LogP contribution < -0.4 is 4.74 Å². The molecular weight excluding hydrogens is 294 g/mol. The average Bonchev–Trinajstić information content (AvgIpc) is 2.95. The molecule has 0 saturated carbocycles. The van der Waals surface area contributed by atoms with E-state index in [1.54, 1.807) is 30.6 Å². The second kappa shape index (κ2) is 6.20. The lowest BCUT2D eigenvalue weighted by atomic mass is 10.2. The minimum absolute atomic E-state index is 0.145. The number of phenols is 1. The Balaban J connectivity index is 1.88. The molecule has 0 radical (unpaired) electrons. The van der Waals surface area contributed by atoms with E-state index in [-0.39, 0.29) is 5.75 Å². The molecule has 0 bridgehead atoms. The Bertz CT molecular complexity index is 836. The maximum atomic E-state index is 9.61. The van der Waals surface area contributed by atoms with Crippen LogP contribution in [0.5, 0.6) is 11.5 Å². The number of ether oxygens (including phenoxy) is 1. The first kappa shape index (κ1) is 14.6. The zero-order valence-corrected chi connectivity index (χ0v) is 13.4. The van der Waals surface area contributed by atoms with E-state index in [4.69, 9.17) is 4.74 Å². The average molecular weight is 311 g/mol. The van der Waals surface area contributed by atoms with Crippen molar-refractivity contribution in [1.29, 1.82) is 0 Å². The van der Waals surface area contributed by atoms with Crippen molar-refractivity contribution in [1.82, 2.24) is 4.98 Å². The molecule has 0 unspecified atom stereocenters. The number of rotatable bonds is 4. The summed E-state index contributed by atoms with van der Waals surface area (Å²) >= 11 is 1.68. The molecule has 22 heavy (non-hydrogen) atoms. The van der Waals surface area contributed by atoms with E-state index < -0.39 is 0 Å². The largest absolute Gasteiger partial charge is 0.504 e. The van der Waals surface area contributed by atoms with Gasteiger partial charge < -0.3 is 9.84 Å². The smallest absolute Gasteiger partial charge is 0.161 e. The second-order valence-corrected chi connectivity index (χ2v) is 6.03. The van der Waals surface area contributed by atoms with Gasteiger partial charge in [0.15, 0.2) is 11.5 Å². The molecule has 1 heterocycles. The molecule has 4 heteroatoms. The van der Waals surface area contributed by atoms with Gasteiger partial charge in [-0.05, 0) is 47.9 Å². The van der Waals surface area contributed by atoms with Crippen LogP contribution in [0.4, 0.5) is 0 Å². The minimum Gasteiger partial charge on any atom is -0.504 e. The predicted molar refractivity (Wildman–Crippen MR) is 92.6 cm³/mol. The first-order chi connectivity index (χ1) is 10.7. The molecule has 1 aromatic heterocycles. The Morgan fingerprint density at radius 2 is 2.05 bits per heavy atom. The van der Waals surface area contributed by atoms with Crippen molar-refractivity contribution in [2.75, 3.05) is 7.11 Å². The van der Waals surface area contributed by atoms with Gasteiger partial charge >= 0.3 is 0 Å². The molecule has 1 N–H and O–H groups in total. The standard InChI is InChI=1S/C18H17NO2S/c1-3-12-4-7-14-17(11-12)22-18(19-14)9-6-13-5-8-15(20)16(10-13)21-2/h4-11,20H,3H2,1-2H3/b9-6+. The van der Waals surface area contributed by atoms with E-state index in [1.165, 1.54) is 10.3 Å². The molecule has 0 spiro atoms. The summed E-state index contributed by atoms with van der Waals surface area (Å²) in [5, 5.41) is 10.6. The Morgan fingerprint density at radius 1 is 1.18 bits per heavy atom. The number of aromatic nitrogens is 1. The zero-order valence-electron chi connectivity index (χ0n) is 12.5. The van der Waals surface area contributed by atoms with Crippen LogP contribution in [0.2, 0.25) is 0 Å². The third kappa shape index (κ3) is 2.97. The van der Waals surface area contributed by atoms with Gasteiger partial charge in [0, 0.05) is 0 Å². The van der Waals surface area contributed by atoms with Crippen molar-refractivity contribution in [3.63, 3.8) is 0 Å². The molecule has 2 aromatic carbocycles. The first-order valence-electron chi connectivity index (χ1n) is 7.14. The lowest BCUT2D eigenvalue weighted by Crippen LogP contribution is -1.84. The molecule has 3 aromatic rings. The van der Waals surface area contributed by atoms with Crippen molar-refractivity contribution >= 4 is 33.7 Å². The summed E-state index contributed by atoms with van der Waals surface area (Å²) < 4.78 is 6.32. The van der Waals surface area contributed by atoms with Crippen LogP contribution in [0.3, 0.4) is 0 Å². The number of methoxy groups -OCH3 is 1. The van der Waals surface area contributed by atoms with Crippen LogP contribution in [-0.2, 0) is 6.42 Å². The number of aromatic hydroxyl groups is 1. The van der Waals surface area contributed by atoms with E-state index in [9.17, 15) is 5.11 Å². The highest BCUT2D eigenvalue weighted by atomic mass is 32.1. The summed E-state index contributed by atoms with van der Waals surface area (Å²) in [6.45, 7) is 2.15. The number of hydrogen-bond acceptors (Lipinski definition) is 4. The molecule has 0 fully saturated rings. The Morgan fingerprint density at radius 3 is 2.82 bits per heavy atom. The molecule has 112 valence electrons. The van der Waals surface area contributed by atoms with Crippen LogP contribution >= 0.6 is 11.3 Å². The van der Waals surface area contributed by atoms with E-state index >= 15 is 0 Å². The third-order valence-electron chi connectivity index (χ3n) is 3.50. The fraction of sp³-hybridized carbons (Fsp3) is 0.167. The van der Waals surface area contributed by atoms with Gasteiger partial charge in [0.05, 0.1) is 17.3 Å². The van der Waals surface area contributed by atoms with Crippen molar-refractivity contribution in [2.24, 2.45) is 0 Å². The summed E-state index contributed by atoms with van der Waals surface area (Å²) in [5.41, 5.74) is 3.32. The fourth-order valence-electron chi connectivity index (χ4n) is 2.24. The number of thiazole rings is 1. The molecule has 3 rings (SSSR count). The van der Waals surface area contributed by atoms with Crippen LogP contribution in [0.15, 0.2) is 36.4 Å². The molecule has 0 atom stereocenters. The first-order valence-corrected chi connectivity index (χ1v) is 7.96. The van der Waals surface area contributed by atoms with Gasteiger partial charge in [-0.3, -0.25) is 0 Å². The van der Waals surface area contributed by atoms with E-state index in [0.29, 0.717) is 5.75 Å². The Labute approximate surface area is 133 Å². The summed E-state index contributed by atoms with van der Waals surface area (Å²) in [5.74, 6) is 0.616. The van der Waals surface area contributed by atoms with Gasteiger partial charge in [0.2, 0.25) is 0 Å². The summed E-state index contributed by atoms with van der Waals surface area (Å²) in [6.07, 6.45) is 4.99. The molecule has 0 aliphatic carbocycles. The number of aryl methyl sites for hydroxylation is 1. The van der Waals surface area contributed by atoms with E-state index in [1.807, 2.05) is 18.2 Å². The molecule has 0 saturated heterocycles. The normalized spacial score (nSPS) is 11.4. The van der Waals surface area contributed by atoms with Gasteiger partial charge in [-0.15, -0.1) is 11.3 Å². The topological polar surface area (TPSA) is 42.4 Å². The van der Waals surface area contributed by atoms with Crippen molar-refractivity contribution in [3.05, 3.63) is 52.5 Å². The summed E-state index contributed by atoms with van der Waals surface area (Å²) in [6, 6.07) is 11.7. The minimum atomic E-state index is 0.145. The van der Waals surface area contributed by atoms with Crippen LogP contribution in [0.1, 0.15) is 23.1 Å². The maximum Gasteiger partial charge on any atom is 0.161 e. The summed E-state index contributed by atoms with van der Waals surface area (Å²) in [4.78, 5) is 4.61. The zero-order chi connectivity index (χ0) is 15.5. The molecular formula is C18H17NO2S. The lowest BCUT2D eigenvalue weighted by molar-refractivity contribution is 0.373. The maximum absolute atomic E-state index is 9.61. The van der Waals surface area contributed by atoms with Crippen molar-refractivity contribution < 1.29 is 9.84 Å². The van der Waals surface area contributed by atoms with Crippen LogP contribution in [0.25, 0.3) is 22.4 Å². The highest BCUT2D eigenvalue weighted by Gasteiger charge is 2.03. The fourth-order valence-corrected chi connectivity index (χ4v) is 3.18. The van der Waals surface area contributed by atoms with Gasteiger partial charge in [-0.2, -0.15) is 0 Å². The monoisotopic (exact) mass is 311 g/mol. The van der Waals surface area contributed by atoms with Crippen LogP contribution in [-0.4, -0.2) is 17.2 Å². The summed E-state index contributed by atoms with van der Waals surface area (Å²) in [7, 11) is 1.54. The van der Waals surface area contributed by atoms with E-state index in [2.05, 4.69) is 30.1 Å². The second-order valence-electron chi connectivity index (χ2n) is 4.97. The van der Waals surface area contributed by atoms with Crippen LogP contribution in [0, 0.1) is 0 Å². The highest BCUT2D eigenvalue weighted by Crippen LogP contribution is 2.28.